The highest BCUT2D eigenvalue weighted by atomic mass is 35.5. The van der Waals surface area contributed by atoms with E-state index in [1.165, 1.54) is 50.8 Å². The average Bonchev–Trinajstić information content (AvgIpc) is 3.05. The number of benzene rings is 1. The smallest absolute Gasteiger partial charge is 0.224 e. The molecule has 3 heterocycles. The molecule has 0 atom stereocenters. The van der Waals surface area contributed by atoms with Crippen LogP contribution in [-0.2, 0) is 17.8 Å². The number of rotatable bonds is 7. The third-order valence-electron chi connectivity index (χ3n) is 6.25. The molecular weight excluding hydrogens is 386 g/mol. The molecule has 1 aromatic carbocycles. The molecule has 0 spiro atoms. The maximum Gasteiger partial charge on any atom is 0.224 e. The van der Waals surface area contributed by atoms with Gasteiger partial charge in [-0.25, -0.2) is 0 Å². The van der Waals surface area contributed by atoms with Gasteiger partial charge in [0.25, 0.3) is 0 Å². The standard InChI is InChI=1S/C23H33N3O2.ClH/c1-2-3-11-25-13-9-18(10-14-25)17-24-22(27)16-20-19-7-4-5-8-21(19)26-12-6-15-28-23(20)26;/h4-5,7-8,18H,2-3,6,9-17H2,1H3,(H,24,27);1H. The number of fused-ring (bicyclic) bond motifs is 3. The van der Waals surface area contributed by atoms with Crippen molar-refractivity contribution in [1.29, 1.82) is 0 Å². The number of para-hydroxylation sites is 1. The van der Waals surface area contributed by atoms with E-state index in [1.807, 2.05) is 6.07 Å². The second-order valence-electron chi connectivity index (χ2n) is 8.27. The van der Waals surface area contributed by atoms with Crippen molar-refractivity contribution in [3.05, 3.63) is 29.8 Å². The number of hydrogen-bond donors (Lipinski definition) is 1. The number of piperidine rings is 1. The molecule has 160 valence electrons. The Morgan fingerprint density at radius 2 is 2.00 bits per heavy atom. The van der Waals surface area contributed by atoms with Gasteiger partial charge >= 0.3 is 0 Å². The fourth-order valence-electron chi connectivity index (χ4n) is 4.58. The lowest BCUT2D eigenvalue weighted by Gasteiger charge is -2.31. The van der Waals surface area contributed by atoms with Crippen molar-refractivity contribution in [2.45, 2.75) is 52.0 Å². The first-order valence-electron chi connectivity index (χ1n) is 11.0. The summed E-state index contributed by atoms with van der Waals surface area (Å²) in [5.74, 6) is 1.62. The predicted molar refractivity (Wildman–Crippen MR) is 120 cm³/mol. The van der Waals surface area contributed by atoms with Crippen LogP contribution in [0.4, 0.5) is 0 Å². The monoisotopic (exact) mass is 419 g/mol. The molecule has 0 saturated carbocycles. The number of carbonyl (C=O) groups excluding carboxylic acids is 1. The molecule has 2 aliphatic heterocycles. The zero-order chi connectivity index (χ0) is 19.3. The summed E-state index contributed by atoms with van der Waals surface area (Å²) in [6.07, 6.45) is 6.36. The lowest BCUT2D eigenvalue weighted by Crippen LogP contribution is -2.39. The third kappa shape index (κ3) is 5.07. The Hall–Kier alpha value is -1.72. The van der Waals surface area contributed by atoms with E-state index < -0.39 is 0 Å². The molecule has 5 nitrogen and oxygen atoms in total. The van der Waals surface area contributed by atoms with Crippen molar-refractivity contribution in [3.63, 3.8) is 0 Å². The van der Waals surface area contributed by atoms with Crippen LogP contribution in [0.15, 0.2) is 24.3 Å². The van der Waals surface area contributed by atoms with Crippen molar-refractivity contribution < 1.29 is 9.53 Å². The normalized spacial score (nSPS) is 17.4. The number of unbranched alkanes of at least 4 members (excludes halogenated alkanes) is 1. The van der Waals surface area contributed by atoms with E-state index in [0.29, 0.717) is 12.3 Å². The topological polar surface area (TPSA) is 46.5 Å². The molecule has 0 bridgehead atoms. The highest BCUT2D eigenvalue weighted by Gasteiger charge is 2.24. The molecular formula is C23H34ClN3O2. The Kier molecular flexibility index (Phi) is 7.84. The van der Waals surface area contributed by atoms with Gasteiger partial charge in [0.2, 0.25) is 5.91 Å². The largest absolute Gasteiger partial charge is 0.479 e. The molecule has 2 aliphatic rings. The number of hydrogen-bond acceptors (Lipinski definition) is 3. The zero-order valence-corrected chi connectivity index (χ0v) is 18.3. The van der Waals surface area contributed by atoms with Gasteiger partial charge in [-0.1, -0.05) is 31.5 Å². The molecule has 4 rings (SSSR count). The van der Waals surface area contributed by atoms with Crippen LogP contribution in [0, 0.1) is 5.92 Å². The van der Waals surface area contributed by atoms with Gasteiger partial charge in [-0.2, -0.15) is 0 Å². The minimum atomic E-state index is 0. The molecule has 29 heavy (non-hydrogen) atoms. The molecule has 2 aromatic rings. The van der Waals surface area contributed by atoms with Gasteiger partial charge in [0.1, 0.15) is 0 Å². The first-order chi connectivity index (χ1) is 13.8. The first-order valence-corrected chi connectivity index (χ1v) is 11.0. The van der Waals surface area contributed by atoms with E-state index >= 15 is 0 Å². The number of likely N-dealkylation sites (tertiary alicyclic amines) is 1. The minimum absolute atomic E-state index is 0. The lowest BCUT2D eigenvalue weighted by molar-refractivity contribution is -0.120. The van der Waals surface area contributed by atoms with Crippen LogP contribution >= 0.6 is 12.4 Å². The summed E-state index contributed by atoms with van der Waals surface area (Å²) < 4.78 is 8.19. The van der Waals surface area contributed by atoms with E-state index in [4.69, 9.17) is 4.74 Å². The number of halogens is 1. The maximum atomic E-state index is 12.7. The average molecular weight is 420 g/mol. The maximum absolute atomic E-state index is 12.7. The minimum Gasteiger partial charge on any atom is -0.479 e. The number of nitrogens with one attached hydrogen (secondary N) is 1. The molecule has 0 radical (unpaired) electrons. The number of amides is 1. The number of nitrogens with zero attached hydrogens (tertiary/aromatic N) is 2. The van der Waals surface area contributed by atoms with Crippen LogP contribution in [-0.4, -0.2) is 48.2 Å². The highest BCUT2D eigenvalue weighted by Crippen LogP contribution is 2.34. The molecule has 1 N–H and O–H groups in total. The Labute approximate surface area is 180 Å². The number of carbonyl (C=O) groups is 1. The van der Waals surface area contributed by atoms with Crippen LogP contribution in [0.25, 0.3) is 10.9 Å². The van der Waals surface area contributed by atoms with E-state index in [9.17, 15) is 4.79 Å². The Bertz CT molecular complexity index is 812. The molecule has 0 aliphatic carbocycles. The van der Waals surface area contributed by atoms with Gasteiger partial charge in [-0.3, -0.25) is 4.79 Å². The third-order valence-corrected chi connectivity index (χ3v) is 6.25. The quantitative estimate of drug-likeness (QED) is 0.737. The van der Waals surface area contributed by atoms with Gasteiger partial charge < -0.3 is 19.5 Å². The van der Waals surface area contributed by atoms with Crippen molar-refractivity contribution in [1.82, 2.24) is 14.8 Å². The number of aryl methyl sites for hydroxylation is 1. The lowest BCUT2D eigenvalue weighted by atomic mass is 9.96. The summed E-state index contributed by atoms with van der Waals surface area (Å²) in [4.78, 5) is 15.3. The SMILES string of the molecule is CCCCN1CCC(CNC(=O)Cc2c3n(c4ccccc24)CCCO3)CC1.Cl. The summed E-state index contributed by atoms with van der Waals surface area (Å²) in [5, 5.41) is 4.35. The summed E-state index contributed by atoms with van der Waals surface area (Å²) in [6, 6.07) is 8.34. The van der Waals surface area contributed by atoms with Crippen LogP contribution in [0.5, 0.6) is 5.88 Å². The van der Waals surface area contributed by atoms with Crippen LogP contribution in [0.1, 0.15) is 44.6 Å². The van der Waals surface area contributed by atoms with E-state index in [-0.39, 0.29) is 18.3 Å². The second-order valence-corrected chi connectivity index (χ2v) is 8.27. The van der Waals surface area contributed by atoms with Crippen molar-refractivity contribution in [2.75, 3.05) is 32.8 Å². The van der Waals surface area contributed by atoms with Crippen molar-refractivity contribution in [3.8, 4) is 5.88 Å². The number of aromatic nitrogens is 1. The van der Waals surface area contributed by atoms with Gasteiger partial charge in [0, 0.05) is 24.0 Å². The van der Waals surface area contributed by atoms with Gasteiger partial charge in [0.15, 0.2) is 5.88 Å². The van der Waals surface area contributed by atoms with E-state index in [2.05, 4.69) is 39.9 Å². The highest BCUT2D eigenvalue weighted by molar-refractivity contribution is 5.92. The first kappa shape index (κ1) is 22.0. The zero-order valence-electron chi connectivity index (χ0n) is 17.5. The van der Waals surface area contributed by atoms with Gasteiger partial charge in [-0.05, 0) is 57.3 Å². The molecule has 1 aromatic heterocycles. The Morgan fingerprint density at radius 1 is 1.21 bits per heavy atom. The summed E-state index contributed by atoms with van der Waals surface area (Å²) in [7, 11) is 0. The molecule has 1 fully saturated rings. The Balaban J connectivity index is 0.00000240. The van der Waals surface area contributed by atoms with Crippen LogP contribution in [0.3, 0.4) is 0 Å². The molecule has 6 heteroatoms. The van der Waals surface area contributed by atoms with Gasteiger partial charge in [0.05, 0.1) is 18.5 Å². The van der Waals surface area contributed by atoms with E-state index in [0.717, 1.165) is 42.9 Å². The Morgan fingerprint density at radius 3 is 2.79 bits per heavy atom. The fourth-order valence-corrected chi connectivity index (χ4v) is 4.58. The van der Waals surface area contributed by atoms with E-state index in [1.54, 1.807) is 0 Å². The van der Waals surface area contributed by atoms with Crippen LogP contribution < -0.4 is 10.1 Å². The molecule has 1 saturated heterocycles. The van der Waals surface area contributed by atoms with Crippen molar-refractivity contribution >= 4 is 29.2 Å². The predicted octanol–water partition coefficient (Wildman–Crippen LogP) is 4.02. The summed E-state index contributed by atoms with van der Waals surface area (Å²) in [5.41, 5.74) is 2.22. The summed E-state index contributed by atoms with van der Waals surface area (Å²) >= 11 is 0. The molecule has 1 amide bonds. The summed E-state index contributed by atoms with van der Waals surface area (Å²) in [6.45, 7) is 8.32. The van der Waals surface area contributed by atoms with Gasteiger partial charge in [-0.15, -0.1) is 12.4 Å². The fraction of sp³-hybridized carbons (Fsp3) is 0.609. The van der Waals surface area contributed by atoms with Crippen LogP contribution in [0.2, 0.25) is 0 Å². The number of ether oxygens (including phenoxy) is 1. The van der Waals surface area contributed by atoms with Crippen molar-refractivity contribution in [2.24, 2.45) is 5.92 Å². The molecule has 0 unspecified atom stereocenters. The second kappa shape index (κ2) is 10.4.